The normalized spacial score (nSPS) is 19.4. The summed E-state index contributed by atoms with van der Waals surface area (Å²) in [5, 5.41) is 11.6. The maximum absolute atomic E-state index is 5.08. The molecule has 1 saturated carbocycles. The number of piperazine rings is 1. The fourth-order valence-electron chi connectivity index (χ4n) is 7.17. The van der Waals surface area contributed by atoms with Gasteiger partial charge in [0.15, 0.2) is 0 Å². The van der Waals surface area contributed by atoms with Gasteiger partial charge in [-0.25, -0.2) is 9.97 Å². The van der Waals surface area contributed by atoms with Gasteiger partial charge in [-0.15, -0.1) is 0 Å². The number of hydrogen-bond acceptors (Lipinski definition) is 7. The first-order chi connectivity index (χ1) is 19.7. The van der Waals surface area contributed by atoms with Gasteiger partial charge in [0.1, 0.15) is 0 Å². The van der Waals surface area contributed by atoms with Crippen LogP contribution in [-0.2, 0) is 0 Å². The molecular weight excluding hydrogens is 494 g/mol. The van der Waals surface area contributed by atoms with Crippen LogP contribution in [0.4, 0.5) is 23.0 Å². The first-order valence-corrected chi connectivity index (χ1v) is 15.7. The van der Waals surface area contributed by atoms with E-state index in [4.69, 9.17) is 9.97 Å². The third-order valence-corrected chi connectivity index (χ3v) is 9.55. The highest BCUT2D eigenvalue weighted by Gasteiger charge is 2.24. The number of aromatic nitrogens is 2. The lowest BCUT2D eigenvalue weighted by Gasteiger charge is -2.34. The predicted octanol–water partition coefficient (Wildman–Crippen LogP) is 6.28. The van der Waals surface area contributed by atoms with E-state index >= 15 is 0 Å². The molecule has 3 N–H and O–H groups in total. The fraction of sp³-hybridized carbons (Fsp3) is 0.576. The molecule has 3 fully saturated rings. The van der Waals surface area contributed by atoms with Crippen LogP contribution < -0.4 is 20.9 Å². The van der Waals surface area contributed by atoms with Crippen molar-refractivity contribution >= 4 is 33.9 Å². The molecule has 6 rings (SSSR count). The lowest BCUT2D eigenvalue weighted by Crippen LogP contribution is -2.43. The van der Waals surface area contributed by atoms with Gasteiger partial charge < -0.3 is 25.8 Å². The van der Waals surface area contributed by atoms with Crippen LogP contribution in [0.25, 0.3) is 10.9 Å². The van der Waals surface area contributed by atoms with E-state index in [9.17, 15) is 0 Å². The van der Waals surface area contributed by atoms with Gasteiger partial charge in [-0.3, -0.25) is 0 Å². The van der Waals surface area contributed by atoms with Crippen molar-refractivity contribution in [3.8, 4) is 0 Å². The highest BCUT2D eigenvalue weighted by Crippen LogP contribution is 2.42. The van der Waals surface area contributed by atoms with Crippen LogP contribution in [0.2, 0.25) is 0 Å². The third-order valence-electron chi connectivity index (χ3n) is 9.55. The van der Waals surface area contributed by atoms with E-state index in [1.165, 1.54) is 93.5 Å². The van der Waals surface area contributed by atoms with E-state index in [1.54, 1.807) is 0 Å². The molecule has 0 spiro atoms. The van der Waals surface area contributed by atoms with Gasteiger partial charge >= 0.3 is 0 Å². The summed E-state index contributed by atoms with van der Waals surface area (Å²) < 4.78 is 0. The first kappa shape index (κ1) is 27.3. The van der Waals surface area contributed by atoms with E-state index < -0.39 is 0 Å². The topological polar surface area (TPSA) is 68.4 Å². The Hall–Kier alpha value is -2.90. The molecule has 0 amide bonds. The summed E-state index contributed by atoms with van der Waals surface area (Å²) in [5.41, 5.74) is 7.26. The first-order valence-electron chi connectivity index (χ1n) is 15.7. The minimum absolute atomic E-state index is 0.573. The summed E-state index contributed by atoms with van der Waals surface area (Å²) in [5.74, 6) is 2.13. The number of rotatable bonds is 9. The Morgan fingerprint density at radius 2 is 1.73 bits per heavy atom. The maximum Gasteiger partial charge on any atom is 0.227 e. The molecular formula is C33H47N7. The maximum atomic E-state index is 5.08. The molecule has 3 aromatic rings. The zero-order chi connectivity index (χ0) is 27.3. The largest absolute Gasteiger partial charge is 0.388 e. The second-order valence-corrected chi connectivity index (χ2v) is 12.2. The molecule has 0 bridgehead atoms. The molecule has 1 aromatic heterocycles. The number of nitrogens with one attached hydrogen (secondary N) is 3. The monoisotopic (exact) mass is 541 g/mol. The highest BCUT2D eigenvalue weighted by atomic mass is 15.2. The van der Waals surface area contributed by atoms with Crippen molar-refractivity contribution in [3.05, 3.63) is 47.7 Å². The smallest absolute Gasteiger partial charge is 0.227 e. The van der Waals surface area contributed by atoms with Crippen LogP contribution in [-0.4, -0.2) is 67.7 Å². The fourth-order valence-corrected chi connectivity index (χ4v) is 7.17. The summed E-state index contributed by atoms with van der Waals surface area (Å²) in [4.78, 5) is 15.0. The van der Waals surface area contributed by atoms with Crippen LogP contribution in [0.5, 0.6) is 0 Å². The molecule has 0 radical (unpaired) electrons. The average Bonchev–Trinajstić information content (AvgIpc) is 3.53. The molecule has 3 heterocycles. The molecule has 0 atom stereocenters. The van der Waals surface area contributed by atoms with Crippen molar-refractivity contribution in [1.82, 2.24) is 20.2 Å². The van der Waals surface area contributed by atoms with Gasteiger partial charge in [-0.2, -0.15) is 0 Å². The minimum atomic E-state index is 0.573. The van der Waals surface area contributed by atoms with Gasteiger partial charge in [0.05, 0.1) is 5.52 Å². The Balaban J connectivity index is 1.07. The van der Waals surface area contributed by atoms with E-state index in [0.29, 0.717) is 11.9 Å². The minimum Gasteiger partial charge on any atom is -0.388 e. The summed E-state index contributed by atoms with van der Waals surface area (Å²) in [6.45, 7) is 10.5. The van der Waals surface area contributed by atoms with Gasteiger partial charge in [0, 0.05) is 80.5 Å². The van der Waals surface area contributed by atoms with Crippen molar-refractivity contribution in [2.75, 3.05) is 68.4 Å². The molecule has 2 saturated heterocycles. The number of anilines is 4. The SMILES string of the molecule is CNc1cc(C)c2cnc(Nc3ccc(N4CCC(CCCN5CCNCC5)CC4)cc3)nc2c1C1CCCC1. The second kappa shape index (κ2) is 12.7. The number of piperidine rings is 1. The Labute approximate surface area is 240 Å². The molecule has 7 nitrogen and oxygen atoms in total. The van der Waals surface area contributed by atoms with Gasteiger partial charge in [-0.1, -0.05) is 12.8 Å². The Bertz CT molecular complexity index is 1250. The standard InChI is InChI=1S/C33H47N7/c1-24-22-30(34-2)31(26-7-3-4-8-26)32-29(24)23-36-33(38-32)37-27-9-11-28(12-10-27)40-18-13-25(14-19-40)6-5-17-39-20-15-35-16-21-39/h9-12,22-23,25-26,34-35H,3-8,13-21H2,1-2H3,(H,36,37,38). The molecule has 3 aliphatic rings. The zero-order valence-corrected chi connectivity index (χ0v) is 24.5. The Kier molecular flexibility index (Phi) is 8.68. The van der Waals surface area contributed by atoms with E-state index in [2.05, 4.69) is 63.0 Å². The Morgan fingerprint density at radius 1 is 0.975 bits per heavy atom. The molecule has 2 aliphatic heterocycles. The average molecular weight is 542 g/mol. The molecule has 1 aliphatic carbocycles. The van der Waals surface area contributed by atoms with Crippen LogP contribution in [0, 0.1) is 12.8 Å². The van der Waals surface area contributed by atoms with E-state index in [-0.39, 0.29) is 0 Å². The zero-order valence-electron chi connectivity index (χ0n) is 24.5. The van der Waals surface area contributed by atoms with Crippen molar-refractivity contribution in [3.63, 3.8) is 0 Å². The number of nitrogens with zero attached hydrogens (tertiary/aromatic N) is 4. The van der Waals surface area contributed by atoms with E-state index in [1.807, 2.05) is 13.2 Å². The summed E-state index contributed by atoms with van der Waals surface area (Å²) in [6.07, 6.45) is 12.4. The van der Waals surface area contributed by atoms with Crippen LogP contribution in [0.1, 0.15) is 68.4 Å². The van der Waals surface area contributed by atoms with Gasteiger partial charge in [0.25, 0.3) is 0 Å². The van der Waals surface area contributed by atoms with Crippen molar-refractivity contribution in [2.24, 2.45) is 5.92 Å². The van der Waals surface area contributed by atoms with E-state index in [0.717, 1.165) is 48.7 Å². The predicted molar refractivity (Wildman–Crippen MR) is 168 cm³/mol. The van der Waals surface area contributed by atoms with Gasteiger partial charge in [-0.05, 0) is 99.7 Å². The Morgan fingerprint density at radius 3 is 2.45 bits per heavy atom. The second-order valence-electron chi connectivity index (χ2n) is 12.2. The quantitative estimate of drug-likeness (QED) is 0.294. The summed E-state index contributed by atoms with van der Waals surface area (Å²) in [6, 6.07) is 11.1. The molecule has 214 valence electrons. The van der Waals surface area contributed by atoms with Gasteiger partial charge in [0.2, 0.25) is 5.95 Å². The molecule has 7 heteroatoms. The van der Waals surface area contributed by atoms with Crippen LogP contribution in [0.3, 0.4) is 0 Å². The third kappa shape index (κ3) is 6.21. The highest BCUT2D eigenvalue weighted by molar-refractivity contribution is 5.90. The number of aryl methyl sites for hydroxylation is 1. The van der Waals surface area contributed by atoms with Crippen molar-refractivity contribution < 1.29 is 0 Å². The molecule has 40 heavy (non-hydrogen) atoms. The number of hydrogen-bond donors (Lipinski definition) is 3. The molecule has 2 aromatic carbocycles. The number of fused-ring (bicyclic) bond motifs is 1. The lowest BCUT2D eigenvalue weighted by atomic mass is 9.91. The summed E-state index contributed by atoms with van der Waals surface area (Å²) >= 11 is 0. The lowest BCUT2D eigenvalue weighted by molar-refractivity contribution is 0.227. The summed E-state index contributed by atoms with van der Waals surface area (Å²) in [7, 11) is 2.03. The van der Waals surface area contributed by atoms with Crippen LogP contribution >= 0.6 is 0 Å². The molecule has 0 unspecified atom stereocenters. The van der Waals surface area contributed by atoms with Crippen molar-refractivity contribution in [1.29, 1.82) is 0 Å². The van der Waals surface area contributed by atoms with Crippen molar-refractivity contribution in [2.45, 2.75) is 64.2 Å². The number of benzene rings is 2. The van der Waals surface area contributed by atoms with Crippen LogP contribution in [0.15, 0.2) is 36.5 Å².